The van der Waals surface area contributed by atoms with Gasteiger partial charge in [-0.3, -0.25) is 9.59 Å². The molecule has 1 N–H and O–H groups in total. The summed E-state index contributed by atoms with van der Waals surface area (Å²) in [4.78, 5) is 27.3. The van der Waals surface area contributed by atoms with Gasteiger partial charge >= 0.3 is 11.9 Å². The van der Waals surface area contributed by atoms with E-state index < -0.39 is 0 Å². The number of hydrogen-bond acceptors (Lipinski definition) is 6. The molecule has 0 aromatic carbocycles. The van der Waals surface area contributed by atoms with Crippen LogP contribution in [-0.2, 0) is 19.1 Å². The van der Waals surface area contributed by atoms with Crippen molar-refractivity contribution in [2.24, 2.45) is 5.41 Å². The quantitative estimate of drug-likeness (QED) is 0.0497. The number of hydrogen-bond donors (Lipinski definition) is 1. The van der Waals surface area contributed by atoms with E-state index in [1.807, 2.05) is 0 Å². The summed E-state index contributed by atoms with van der Waals surface area (Å²) < 4.78 is 11.5. The molecule has 0 aromatic rings. The lowest BCUT2D eigenvalue weighted by molar-refractivity contribution is -0.150. The summed E-state index contributed by atoms with van der Waals surface area (Å²) in [6.07, 6.45) is 36.8. The normalized spacial score (nSPS) is 11.9. The van der Waals surface area contributed by atoms with Gasteiger partial charge in [0, 0.05) is 19.4 Å². The van der Waals surface area contributed by atoms with Gasteiger partial charge in [0.15, 0.2) is 0 Å². The first-order chi connectivity index (χ1) is 25.3. The number of esters is 2. The predicted molar refractivity (Wildman–Crippen MR) is 223 cm³/mol. The predicted octanol–water partition coefficient (Wildman–Crippen LogP) is 13.3. The van der Waals surface area contributed by atoms with Crippen molar-refractivity contribution >= 4 is 11.9 Å². The van der Waals surface area contributed by atoms with E-state index in [1.54, 1.807) is 0 Å². The van der Waals surface area contributed by atoms with Gasteiger partial charge in [0.2, 0.25) is 0 Å². The molecule has 0 unspecified atom stereocenters. The molecule has 6 heteroatoms. The lowest BCUT2D eigenvalue weighted by atomic mass is 9.83. The second-order valence-electron chi connectivity index (χ2n) is 16.8. The lowest BCUT2D eigenvalue weighted by Crippen LogP contribution is -2.32. The molecule has 0 atom stereocenters. The molecule has 0 heterocycles. The highest BCUT2D eigenvalue weighted by molar-refractivity contribution is 5.69. The molecule has 0 fully saturated rings. The number of rotatable bonds is 41. The molecule has 0 rings (SSSR count). The van der Waals surface area contributed by atoms with Crippen LogP contribution in [0.4, 0.5) is 0 Å². The van der Waals surface area contributed by atoms with Crippen molar-refractivity contribution in [1.82, 2.24) is 4.90 Å². The van der Waals surface area contributed by atoms with Gasteiger partial charge in [-0.2, -0.15) is 0 Å². The smallest absolute Gasteiger partial charge is 0.306 e. The Morgan fingerprint density at radius 3 is 1.54 bits per heavy atom. The largest absolute Gasteiger partial charge is 0.466 e. The summed E-state index contributed by atoms with van der Waals surface area (Å²) in [6, 6.07) is 0. The van der Waals surface area contributed by atoms with Crippen LogP contribution < -0.4 is 0 Å². The van der Waals surface area contributed by atoms with E-state index in [-0.39, 0.29) is 30.1 Å². The van der Waals surface area contributed by atoms with E-state index in [4.69, 9.17) is 9.47 Å². The van der Waals surface area contributed by atoms with Crippen LogP contribution in [-0.4, -0.2) is 60.9 Å². The van der Waals surface area contributed by atoms with Gasteiger partial charge in [-0.15, -0.1) is 0 Å². The van der Waals surface area contributed by atoms with E-state index in [9.17, 15) is 14.7 Å². The Balaban J connectivity index is 4.19. The summed E-state index contributed by atoms with van der Waals surface area (Å²) >= 11 is 0. The molecule has 0 saturated carbocycles. The topological polar surface area (TPSA) is 76.1 Å². The number of carbonyl (C=O) groups is 2. The van der Waals surface area contributed by atoms with Crippen LogP contribution in [0.5, 0.6) is 0 Å². The van der Waals surface area contributed by atoms with Gasteiger partial charge in [-0.25, -0.2) is 0 Å². The first-order valence-corrected chi connectivity index (χ1v) is 23.0. The molecule has 0 radical (unpaired) electrons. The Morgan fingerprint density at radius 1 is 0.519 bits per heavy atom. The van der Waals surface area contributed by atoms with Crippen LogP contribution in [0.3, 0.4) is 0 Å². The first kappa shape index (κ1) is 50.9. The van der Waals surface area contributed by atoms with E-state index in [0.29, 0.717) is 19.4 Å². The van der Waals surface area contributed by atoms with Gasteiger partial charge in [0.1, 0.15) is 6.10 Å². The fourth-order valence-electron chi connectivity index (χ4n) is 7.20. The molecular weight excluding hydrogens is 647 g/mol. The number of aliphatic hydroxyl groups excluding tert-OH is 1. The molecule has 0 aliphatic heterocycles. The second kappa shape index (κ2) is 38.1. The maximum atomic E-state index is 12.8. The average Bonchev–Trinajstić information content (AvgIpc) is 3.12. The molecule has 0 bridgehead atoms. The number of aliphatic hydroxyl groups is 1. The standard InChI is InChI=1S/C46H91NO5/c1-6-9-12-15-18-24-31-42-51-44(49)34-27-22-19-23-30-38-47(40-41-48)39-37-46(4,5)36-29-28-35-45(50)52-43(32-25-20-16-13-10-7-2)33-26-21-17-14-11-8-3/h43,48H,6-42H2,1-5H3. The van der Waals surface area contributed by atoms with E-state index in [1.165, 1.54) is 116 Å². The molecule has 0 amide bonds. The Hall–Kier alpha value is -1.14. The third kappa shape index (κ3) is 35.9. The number of nitrogens with zero attached hydrogens (tertiary/aromatic N) is 1. The van der Waals surface area contributed by atoms with Crippen molar-refractivity contribution in [3.8, 4) is 0 Å². The van der Waals surface area contributed by atoms with E-state index in [0.717, 1.165) is 96.7 Å². The zero-order valence-electron chi connectivity index (χ0n) is 35.8. The summed E-state index contributed by atoms with van der Waals surface area (Å²) in [7, 11) is 0. The lowest BCUT2D eigenvalue weighted by Gasteiger charge is -2.29. The van der Waals surface area contributed by atoms with Crippen LogP contribution >= 0.6 is 0 Å². The first-order valence-electron chi connectivity index (χ1n) is 23.0. The third-order valence-electron chi connectivity index (χ3n) is 10.9. The van der Waals surface area contributed by atoms with Crippen molar-refractivity contribution in [1.29, 1.82) is 0 Å². The molecule has 0 spiro atoms. The Bertz CT molecular complexity index is 756. The van der Waals surface area contributed by atoms with Gasteiger partial charge in [-0.05, 0) is 82.7 Å². The van der Waals surface area contributed by atoms with Gasteiger partial charge in [0.05, 0.1) is 13.2 Å². The molecule has 52 heavy (non-hydrogen) atoms. The van der Waals surface area contributed by atoms with Gasteiger partial charge in [-0.1, -0.05) is 163 Å². The number of ether oxygens (including phenoxy) is 2. The number of carbonyl (C=O) groups excluding carboxylic acids is 2. The van der Waals surface area contributed by atoms with Crippen LogP contribution in [0.25, 0.3) is 0 Å². The summed E-state index contributed by atoms with van der Waals surface area (Å²) in [5.74, 6) is -0.0264. The minimum absolute atomic E-state index is 0.00706. The summed E-state index contributed by atoms with van der Waals surface area (Å²) in [5.41, 5.74) is 0.207. The van der Waals surface area contributed by atoms with Crippen molar-refractivity contribution in [3.63, 3.8) is 0 Å². The fraction of sp³-hybridized carbons (Fsp3) is 0.957. The maximum Gasteiger partial charge on any atom is 0.306 e. The molecule has 310 valence electrons. The molecule has 0 saturated heterocycles. The monoisotopic (exact) mass is 738 g/mol. The molecular formula is C46H91NO5. The maximum absolute atomic E-state index is 12.8. The third-order valence-corrected chi connectivity index (χ3v) is 10.9. The average molecular weight is 738 g/mol. The zero-order chi connectivity index (χ0) is 38.4. The summed E-state index contributed by atoms with van der Waals surface area (Å²) in [5, 5.41) is 9.67. The SMILES string of the molecule is CCCCCCCCCOC(=O)CCCCCCCN(CCO)CCC(C)(C)CCCCC(=O)OC(CCCCCCCC)CCCCCCCC. The van der Waals surface area contributed by atoms with Crippen LogP contribution in [0.1, 0.15) is 240 Å². The Kier molecular flexibility index (Phi) is 37.3. The molecule has 6 nitrogen and oxygen atoms in total. The number of unbranched alkanes of at least 4 members (excludes halogenated alkanes) is 21. The van der Waals surface area contributed by atoms with Crippen molar-refractivity contribution in [2.75, 3.05) is 32.8 Å². The van der Waals surface area contributed by atoms with Gasteiger partial charge in [0.25, 0.3) is 0 Å². The minimum atomic E-state index is -0.0334. The second-order valence-corrected chi connectivity index (χ2v) is 16.8. The van der Waals surface area contributed by atoms with Crippen molar-refractivity contribution < 1.29 is 24.2 Å². The minimum Gasteiger partial charge on any atom is -0.466 e. The highest BCUT2D eigenvalue weighted by atomic mass is 16.5. The summed E-state index contributed by atoms with van der Waals surface area (Å²) in [6.45, 7) is 15.0. The molecule has 0 aliphatic carbocycles. The van der Waals surface area contributed by atoms with Crippen LogP contribution in [0, 0.1) is 5.41 Å². The van der Waals surface area contributed by atoms with Crippen molar-refractivity contribution in [2.45, 2.75) is 246 Å². The fourth-order valence-corrected chi connectivity index (χ4v) is 7.20. The molecule has 0 aromatic heterocycles. The van der Waals surface area contributed by atoms with Gasteiger partial charge < -0.3 is 19.5 Å². The Labute approximate surface area is 324 Å². The molecule has 0 aliphatic rings. The van der Waals surface area contributed by atoms with E-state index in [2.05, 4.69) is 39.5 Å². The zero-order valence-corrected chi connectivity index (χ0v) is 35.8. The van der Waals surface area contributed by atoms with Crippen LogP contribution in [0.2, 0.25) is 0 Å². The Morgan fingerprint density at radius 2 is 0.981 bits per heavy atom. The van der Waals surface area contributed by atoms with Crippen molar-refractivity contribution in [3.05, 3.63) is 0 Å². The van der Waals surface area contributed by atoms with Crippen LogP contribution in [0.15, 0.2) is 0 Å². The highest BCUT2D eigenvalue weighted by Gasteiger charge is 2.20. The van der Waals surface area contributed by atoms with E-state index >= 15 is 0 Å². The highest BCUT2D eigenvalue weighted by Crippen LogP contribution is 2.28.